The van der Waals surface area contributed by atoms with Crippen LogP contribution in [-0.4, -0.2) is 49.7 Å². The lowest BCUT2D eigenvalue weighted by molar-refractivity contribution is -0.0164. The minimum Gasteiger partial charge on any atom is -0.389 e. The van der Waals surface area contributed by atoms with E-state index >= 15 is 0 Å². The van der Waals surface area contributed by atoms with Crippen LogP contribution in [0.1, 0.15) is 39.5 Å². The molecular weight excluding hydrogens is 218 g/mol. The van der Waals surface area contributed by atoms with Crippen molar-refractivity contribution in [1.29, 1.82) is 0 Å². The first-order valence-corrected chi connectivity index (χ1v) is 6.87. The zero-order chi connectivity index (χ0) is 12.5. The second-order valence-corrected chi connectivity index (χ2v) is 4.74. The summed E-state index contributed by atoms with van der Waals surface area (Å²) in [6.45, 7) is 6.77. The van der Waals surface area contributed by atoms with Gasteiger partial charge in [0.2, 0.25) is 0 Å². The summed E-state index contributed by atoms with van der Waals surface area (Å²) in [5, 5.41) is 13.0. The van der Waals surface area contributed by atoms with Gasteiger partial charge >= 0.3 is 0 Å². The van der Waals surface area contributed by atoms with Crippen molar-refractivity contribution in [3.05, 3.63) is 0 Å². The minimum atomic E-state index is -0.391. The first-order valence-electron chi connectivity index (χ1n) is 6.87. The van der Waals surface area contributed by atoms with Crippen LogP contribution in [0.15, 0.2) is 0 Å². The summed E-state index contributed by atoms with van der Waals surface area (Å²) in [6.07, 6.45) is 4.37. The van der Waals surface area contributed by atoms with Crippen LogP contribution in [0.25, 0.3) is 0 Å². The molecule has 1 atom stereocenters. The maximum Gasteiger partial charge on any atom is 0.0897 e. The average molecular weight is 245 g/mol. The Morgan fingerprint density at radius 2 is 2.12 bits per heavy atom. The molecule has 17 heavy (non-hydrogen) atoms. The molecule has 1 rings (SSSR count). The van der Waals surface area contributed by atoms with Crippen LogP contribution in [0.5, 0.6) is 0 Å². The van der Waals surface area contributed by atoms with E-state index in [4.69, 9.17) is 9.47 Å². The van der Waals surface area contributed by atoms with Crippen molar-refractivity contribution in [3.8, 4) is 0 Å². The van der Waals surface area contributed by atoms with Gasteiger partial charge < -0.3 is 19.9 Å². The molecule has 0 aromatic heterocycles. The number of hydrogen-bond acceptors (Lipinski definition) is 4. The lowest BCUT2D eigenvalue weighted by Crippen LogP contribution is -2.48. The topological polar surface area (TPSA) is 50.7 Å². The quantitative estimate of drug-likeness (QED) is 0.570. The zero-order valence-corrected chi connectivity index (χ0v) is 11.2. The Bertz CT molecular complexity index is 184. The lowest BCUT2D eigenvalue weighted by Gasteiger charge is -2.36. The van der Waals surface area contributed by atoms with Gasteiger partial charge in [0.15, 0.2) is 0 Å². The number of rotatable bonds is 10. The van der Waals surface area contributed by atoms with Crippen molar-refractivity contribution >= 4 is 0 Å². The molecule has 4 heteroatoms. The highest BCUT2D eigenvalue weighted by molar-refractivity contribution is 4.86. The molecule has 1 aliphatic carbocycles. The highest BCUT2D eigenvalue weighted by Crippen LogP contribution is 2.22. The molecule has 4 nitrogen and oxygen atoms in total. The fourth-order valence-corrected chi connectivity index (χ4v) is 1.93. The van der Waals surface area contributed by atoms with E-state index in [1.807, 2.05) is 6.92 Å². The number of aliphatic hydroxyl groups is 1. The predicted molar refractivity (Wildman–Crippen MR) is 68.2 cm³/mol. The fraction of sp³-hybridized carbons (Fsp3) is 1.00. The van der Waals surface area contributed by atoms with Crippen molar-refractivity contribution in [2.75, 3.05) is 26.4 Å². The number of unbranched alkanes of at least 4 members (excludes halogenated alkanes) is 1. The van der Waals surface area contributed by atoms with Crippen LogP contribution in [0, 0.1) is 0 Å². The number of ether oxygens (including phenoxy) is 2. The van der Waals surface area contributed by atoms with E-state index < -0.39 is 6.10 Å². The molecule has 1 aliphatic rings. The van der Waals surface area contributed by atoms with Gasteiger partial charge in [-0.05, 0) is 26.2 Å². The lowest BCUT2D eigenvalue weighted by atomic mass is 9.89. The van der Waals surface area contributed by atoms with Crippen LogP contribution in [-0.2, 0) is 9.47 Å². The Kier molecular flexibility index (Phi) is 7.77. The van der Waals surface area contributed by atoms with Crippen LogP contribution < -0.4 is 5.32 Å². The van der Waals surface area contributed by atoms with Gasteiger partial charge in [-0.1, -0.05) is 13.3 Å². The van der Waals surface area contributed by atoms with Gasteiger partial charge in [-0.2, -0.15) is 0 Å². The summed E-state index contributed by atoms with van der Waals surface area (Å²) in [5.74, 6) is 0. The third-order valence-corrected chi connectivity index (χ3v) is 3.09. The Morgan fingerprint density at radius 1 is 1.35 bits per heavy atom. The Labute approximate surface area is 105 Å². The number of aliphatic hydroxyl groups excluding tert-OH is 1. The second-order valence-electron chi connectivity index (χ2n) is 4.74. The van der Waals surface area contributed by atoms with E-state index in [0.717, 1.165) is 38.9 Å². The molecule has 102 valence electrons. The first-order chi connectivity index (χ1) is 8.26. The maximum atomic E-state index is 9.67. The van der Waals surface area contributed by atoms with Crippen molar-refractivity contribution in [3.63, 3.8) is 0 Å². The highest BCUT2D eigenvalue weighted by atomic mass is 16.5. The minimum absolute atomic E-state index is 0.391. The highest BCUT2D eigenvalue weighted by Gasteiger charge is 2.29. The second kappa shape index (κ2) is 8.86. The molecule has 0 radical (unpaired) electrons. The summed E-state index contributed by atoms with van der Waals surface area (Å²) in [7, 11) is 0. The molecule has 0 bridgehead atoms. The van der Waals surface area contributed by atoms with Gasteiger partial charge in [0.05, 0.1) is 18.8 Å². The van der Waals surface area contributed by atoms with Crippen LogP contribution in [0.2, 0.25) is 0 Å². The summed E-state index contributed by atoms with van der Waals surface area (Å²) in [5.41, 5.74) is 0. The Hall–Kier alpha value is -0.160. The van der Waals surface area contributed by atoms with Gasteiger partial charge in [0.25, 0.3) is 0 Å². The largest absolute Gasteiger partial charge is 0.389 e. The van der Waals surface area contributed by atoms with E-state index in [1.165, 1.54) is 0 Å². The number of hydrogen-bond donors (Lipinski definition) is 2. The SMILES string of the molecule is CCCCOCC(O)CNC1CC(OCC)C1. The summed E-state index contributed by atoms with van der Waals surface area (Å²) in [6, 6.07) is 0.511. The normalized spacial score (nSPS) is 25.6. The van der Waals surface area contributed by atoms with E-state index in [9.17, 15) is 5.11 Å². The molecule has 0 heterocycles. The molecular formula is C13H27NO3. The molecule has 0 aromatic carbocycles. The average Bonchev–Trinajstić information content (AvgIpc) is 2.27. The molecule has 1 fully saturated rings. The monoisotopic (exact) mass is 245 g/mol. The Balaban J connectivity index is 1.89. The summed E-state index contributed by atoms with van der Waals surface area (Å²) >= 11 is 0. The molecule has 0 saturated heterocycles. The molecule has 1 saturated carbocycles. The summed E-state index contributed by atoms with van der Waals surface area (Å²) in [4.78, 5) is 0. The molecule has 2 N–H and O–H groups in total. The van der Waals surface area contributed by atoms with Gasteiger partial charge in [-0.3, -0.25) is 0 Å². The van der Waals surface area contributed by atoms with Crippen molar-refractivity contribution in [2.45, 2.75) is 57.8 Å². The van der Waals surface area contributed by atoms with Gasteiger partial charge in [0.1, 0.15) is 0 Å². The molecule has 1 unspecified atom stereocenters. The fourth-order valence-electron chi connectivity index (χ4n) is 1.93. The van der Waals surface area contributed by atoms with Crippen molar-refractivity contribution < 1.29 is 14.6 Å². The summed E-state index contributed by atoms with van der Waals surface area (Å²) < 4.78 is 10.8. The third-order valence-electron chi connectivity index (χ3n) is 3.09. The molecule has 0 aliphatic heterocycles. The third kappa shape index (κ3) is 6.36. The van der Waals surface area contributed by atoms with E-state index in [0.29, 0.717) is 25.3 Å². The number of nitrogens with one attached hydrogen (secondary N) is 1. The van der Waals surface area contributed by atoms with Crippen LogP contribution in [0.3, 0.4) is 0 Å². The first kappa shape index (κ1) is 14.9. The standard InChI is InChI=1S/C13H27NO3/c1-3-5-6-16-10-12(15)9-14-11-7-13(8-11)17-4-2/h11-15H,3-10H2,1-2H3. The van der Waals surface area contributed by atoms with Crippen molar-refractivity contribution in [1.82, 2.24) is 5.32 Å². The van der Waals surface area contributed by atoms with Gasteiger partial charge in [-0.25, -0.2) is 0 Å². The van der Waals surface area contributed by atoms with Crippen LogP contribution in [0.4, 0.5) is 0 Å². The van der Waals surface area contributed by atoms with E-state index in [2.05, 4.69) is 12.2 Å². The molecule has 0 amide bonds. The predicted octanol–water partition coefficient (Wildman–Crippen LogP) is 1.32. The molecule has 0 aromatic rings. The van der Waals surface area contributed by atoms with E-state index in [-0.39, 0.29) is 0 Å². The van der Waals surface area contributed by atoms with Gasteiger partial charge in [0, 0.05) is 25.8 Å². The van der Waals surface area contributed by atoms with E-state index in [1.54, 1.807) is 0 Å². The van der Waals surface area contributed by atoms with Crippen molar-refractivity contribution in [2.24, 2.45) is 0 Å². The maximum absolute atomic E-state index is 9.67. The van der Waals surface area contributed by atoms with Gasteiger partial charge in [-0.15, -0.1) is 0 Å². The van der Waals surface area contributed by atoms with Crippen LogP contribution >= 0.6 is 0 Å². The zero-order valence-electron chi connectivity index (χ0n) is 11.2. The smallest absolute Gasteiger partial charge is 0.0897 e. The molecule has 0 spiro atoms. The Morgan fingerprint density at radius 3 is 2.76 bits per heavy atom.